The van der Waals surface area contributed by atoms with Gasteiger partial charge in [0, 0.05) is 19.4 Å². The molecule has 1 saturated heterocycles. The molecule has 1 aliphatic carbocycles. The van der Waals surface area contributed by atoms with E-state index in [2.05, 4.69) is 24.3 Å². The van der Waals surface area contributed by atoms with Gasteiger partial charge in [0.1, 0.15) is 6.61 Å². The lowest BCUT2D eigenvalue weighted by molar-refractivity contribution is -0.0280. The summed E-state index contributed by atoms with van der Waals surface area (Å²) in [5.74, 6) is 0.0410. The quantitative estimate of drug-likeness (QED) is 0.921. The van der Waals surface area contributed by atoms with Gasteiger partial charge >= 0.3 is 6.09 Å². The number of piperidine rings is 1. The number of aliphatic hydroxyl groups excluding tert-OH is 1. The molecular formula is C21H23NO4. The SMILES string of the molecule is CO[C@H]1C[C@@H](O)CN(C(=O)OCC2c3ccccc3-c3ccccc32)C1. The molecule has 0 unspecified atom stereocenters. The molecule has 1 fully saturated rings. The molecule has 2 aromatic carbocycles. The van der Waals surface area contributed by atoms with Crippen molar-refractivity contribution >= 4 is 6.09 Å². The fourth-order valence-corrected chi connectivity index (χ4v) is 4.03. The highest BCUT2D eigenvalue weighted by molar-refractivity contribution is 5.79. The number of hydrogen-bond acceptors (Lipinski definition) is 4. The minimum absolute atomic E-state index is 0.0410. The van der Waals surface area contributed by atoms with Gasteiger partial charge in [-0.1, -0.05) is 48.5 Å². The van der Waals surface area contributed by atoms with Crippen LogP contribution in [0.25, 0.3) is 11.1 Å². The predicted molar refractivity (Wildman–Crippen MR) is 98.1 cm³/mol. The minimum atomic E-state index is -0.575. The first kappa shape index (κ1) is 17.1. The molecule has 0 aromatic heterocycles. The molecule has 4 rings (SSSR count). The first-order valence-electron chi connectivity index (χ1n) is 8.98. The van der Waals surface area contributed by atoms with Gasteiger partial charge in [-0.2, -0.15) is 0 Å². The number of likely N-dealkylation sites (tertiary alicyclic amines) is 1. The van der Waals surface area contributed by atoms with E-state index < -0.39 is 12.2 Å². The number of carbonyl (C=O) groups is 1. The molecule has 1 amide bonds. The van der Waals surface area contributed by atoms with Gasteiger partial charge in [0.05, 0.1) is 25.3 Å². The number of benzene rings is 2. The topological polar surface area (TPSA) is 59.0 Å². The highest BCUT2D eigenvalue weighted by Gasteiger charge is 2.32. The molecule has 0 spiro atoms. The summed E-state index contributed by atoms with van der Waals surface area (Å²) in [5.41, 5.74) is 4.79. The summed E-state index contributed by atoms with van der Waals surface area (Å²) < 4.78 is 10.9. The van der Waals surface area contributed by atoms with E-state index in [0.29, 0.717) is 13.0 Å². The third-order valence-electron chi connectivity index (χ3n) is 5.32. The lowest BCUT2D eigenvalue weighted by Gasteiger charge is -2.34. The molecule has 0 radical (unpaired) electrons. The first-order chi connectivity index (χ1) is 12.7. The largest absolute Gasteiger partial charge is 0.448 e. The van der Waals surface area contributed by atoms with Gasteiger partial charge in [0.25, 0.3) is 0 Å². The molecule has 5 nitrogen and oxygen atoms in total. The monoisotopic (exact) mass is 353 g/mol. The normalized spacial score (nSPS) is 22.0. The number of ether oxygens (including phenoxy) is 2. The van der Waals surface area contributed by atoms with Gasteiger partial charge in [0.2, 0.25) is 0 Å². The Morgan fingerprint density at radius 1 is 1.08 bits per heavy atom. The third kappa shape index (κ3) is 3.08. The average Bonchev–Trinajstić information content (AvgIpc) is 2.99. The van der Waals surface area contributed by atoms with Crippen LogP contribution in [-0.2, 0) is 9.47 Å². The number of rotatable bonds is 3. The van der Waals surface area contributed by atoms with E-state index in [4.69, 9.17) is 9.47 Å². The highest BCUT2D eigenvalue weighted by atomic mass is 16.6. The summed E-state index contributed by atoms with van der Waals surface area (Å²) in [6.45, 7) is 1.03. The smallest absolute Gasteiger partial charge is 0.409 e. The number of fused-ring (bicyclic) bond motifs is 3. The zero-order chi connectivity index (χ0) is 18.1. The molecule has 5 heteroatoms. The Kier molecular flexibility index (Phi) is 4.66. The Hall–Kier alpha value is -2.37. The third-order valence-corrected chi connectivity index (χ3v) is 5.32. The van der Waals surface area contributed by atoms with Gasteiger partial charge in [-0.3, -0.25) is 0 Å². The molecule has 2 atom stereocenters. The van der Waals surface area contributed by atoms with Crippen molar-refractivity contribution in [2.24, 2.45) is 0 Å². The van der Waals surface area contributed by atoms with E-state index in [1.807, 2.05) is 24.3 Å². The van der Waals surface area contributed by atoms with Crippen LogP contribution in [0.4, 0.5) is 4.79 Å². The Labute approximate surface area is 153 Å². The Bertz CT molecular complexity index is 761. The zero-order valence-corrected chi connectivity index (χ0v) is 14.8. The molecule has 0 bridgehead atoms. The molecule has 1 aliphatic heterocycles. The number of nitrogens with zero attached hydrogens (tertiary/aromatic N) is 1. The maximum atomic E-state index is 12.5. The zero-order valence-electron chi connectivity index (χ0n) is 14.8. The second-order valence-electron chi connectivity index (χ2n) is 6.96. The van der Waals surface area contributed by atoms with E-state index in [0.717, 1.165) is 0 Å². The summed E-state index contributed by atoms with van der Waals surface area (Å²) in [5, 5.41) is 9.94. The Morgan fingerprint density at radius 2 is 1.69 bits per heavy atom. The number of carbonyl (C=O) groups excluding carboxylic acids is 1. The van der Waals surface area contributed by atoms with Crippen molar-refractivity contribution in [3.05, 3.63) is 59.7 Å². The van der Waals surface area contributed by atoms with Crippen molar-refractivity contribution in [1.29, 1.82) is 0 Å². The number of amides is 1. The molecule has 1 N–H and O–H groups in total. The van der Waals surface area contributed by atoms with Crippen molar-refractivity contribution in [2.75, 3.05) is 26.8 Å². The van der Waals surface area contributed by atoms with Crippen molar-refractivity contribution in [2.45, 2.75) is 24.5 Å². The molecule has 2 aromatic rings. The molecule has 0 saturated carbocycles. The average molecular weight is 353 g/mol. The van der Waals surface area contributed by atoms with Gasteiger partial charge in [-0.15, -0.1) is 0 Å². The maximum absolute atomic E-state index is 12.5. The first-order valence-corrected chi connectivity index (χ1v) is 8.98. The predicted octanol–water partition coefficient (Wildman–Crippen LogP) is 3.02. The lowest BCUT2D eigenvalue weighted by Crippen LogP contribution is -2.49. The van der Waals surface area contributed by atoms with Gasteiger partial charge in [0.15, 0.2) is 0 Å². The van der Waals surface area contributed by atoms with Crippen LogP contribution in [0.15, 0.2) is 48.5 Å². The van der Waals surface area contributed by atoms with Gasteiger partial charge in [-0.05, 0) is 22.3 Å². The van der Waals surface area contributed by atoms with E-state index in [1.165, 1.54) is 27.2 Å². The van der Waals surface area contributed by atoms with Crippen molar-refractivity contribution in [1.82, 2.24) is 4.90 Å². The van der Waals surface area contributed by atoms with E-state index in [1.54, 1.807) is 7.11 Å². The van der Waals surface area contributed by atoms with Crippen LogP contribution in [0, 0.1) is 0 Å². The van der Waals surface area contributed by atoms with Crippen LogP contribution in [0.3, 0.4) is 0 Å². The van der Waals surface area contributed by atoms with Gasteiger partial charge < -0.3 is 19.5 Å². The van der Waals surface area contributed by atoms with Crippen molar-refractivity contribution < 1.29 is 19.4 Å². The summed E-state index contributed by atoms with van der Waals surface area (Å²) in [4.78, 5) is 14.1. The standard InChI is InChI=1S/C21H23NO4/c1-25-15-10-14(23)11-22(12-15)21(24)26-13-20-18-8-4-2-6-16(18)17-7-3-5-9-19(17)20/h2-9,14-15,20,23H,10-13H2,1H3/t14-,15+/m1/s1. The Balaban J connectivity index is 1.49. The lowest BCUT2D eigenvalue weighted by atomic mass is 9.98. The highest BCUT2D eigenvalue weighted by Crippen LogP contribution is 2.44. The van der Waals surface area contributed by atoms with Crippen LogP contribution in [0.1, 0.15) is 23.5 Å². The number of methoxy groups -OCH3 is 1. The van der Waals surface area contributed by atoms with Crippen LogP contribution in [0.5, 0.6) is 0 Å². The molecule has 2 aliphatic rings. The molecule has 26 heavy (non-hydrogen) atoms. The van der Waals surface area contributed by atoms with Crippen molar-refractivity contribution in [3.63, 3.8) is 0 Å². The number of β-amino-alcohol motifs (C(OH)–C–C–N with tert-alkyl or cyclic N) is 1. The fraction of sp³-hybridized carbons (Fsp3) is 0.381. The molecular weight excluding hydrogens is 330 g/mol. The van der Waals surface area contributed by atoms with Crippen LogP contribution in [-0.4, -0.2) is 55.1 Å². The van der Waals surface area contributed by atoms with Gasteiger partial charge in [-0.25, -0.2) is 4.79 Å². The maximum Gasteiger partial charge on any atom is 0.409 e. The minimum Gasteiger partial charge on any atom is -0.448 e. The van der Waals surface area contributed by atoms with Crippen molar-refractivity contribution in [3.8, 4) is 11.1 Å². The number of aliphatic hydroxyl groups is 1. The summed E-state index contributed by atoms with van der Waals surface area (Å²) >= 11 is 0. The number of hydrogen-bond donors (Lipinski definition) is 1. The Morgan fingerprint density at radius 3 is 2.31 bits per heavy atom. The summed E-state index contributed by atoms with van der Waals surface area (Å²) in [6, 6.07) is 16.5. The molecule has 136 valence electrons. The molecule has 1 heterocycles. The van der Waals surface area contributed by atoms with E-state index in [-0.39, 0.29) is 25.2 Å². The van der Waals surface area contributed by atoms with Crippen LogP contribution in [0.2, 0.25) is 0 Å². The summed E-state index contributed by atoms with van der Waals surface area (Å²) in [6.07, 6.45) is -0.579. The fourth-order valence-electron chi connectivity index (χ4n) is 4.03. The van der Waals surface area contributed by atoms with Crippen LogP contribution < -0.4 is 0 Å². The summed E-state index contributed by atoms with van der Waals surface area (Å²) in [7, 11) is 1.60. The van der Waals surface area contributed by atoms with E-state index in [9.17, 15) is 9.90 Å². The van der Waals surface area contributed by atoms with Crippen LogP contribution >= 0.6 is 0 Å². The van der Waals surface area contributed by atoms with E-state index >= 15 is 0 Å². The second kappa shape index (κ2) is 7.09. The second-order valence-corrected chi connectivity index (χ2v) is 6.96.